The number of hydrogen-bond donors (Lipinski definition) is 1. The molecule has 0 aromatic heterocycles. The van der Waals surface area contributed by atoms with Crippen molar-refractivity contribution in [2.24, 2.45) is 5.73 Å². The van der Waals surface area contributed by atoms with Crippen molar-refractivity contribution in [2.75, 3.05) is 45.9 Å². The first-order valence-electron chi connectivity index (χ1n) is 7.61. The Morgan fingerprint density at radius 2 is 2.17 bits per heavy atom. The SMILES string of the molecule is CCOC(CN)CCN1CCN2CCCCC2C1. The molecule has 2 saturated heterocycles. The van der Waals surface area contributed by atoms with Crippen LogP contribution < -0.4 is 5.73 Å². The van der Waals surface area contributed by atoms with Gasteiger partial charge in [0.2, 0.25) is 0 Å². The quantitative estimate of drug-likeness (QED) is 0.766. The molecule has 0 radical (unpaired) electrons. The topological polar surface area (TPSA) is 41.7 Å². The van der Waals surface area contributed by atoms with Gasteiger partial charge in [-0.2, -0.15) is 0 Å². The Balaban J connectivity index is 1.70. The number of nitrogens with two attached hydrogens (primary N) is 1. The molecule has 2 fully saturated rings. The van der Waals surface area contributed by atoms with Crippen LogP contribution in [0, 0.1) is 0 Å². The van der Waals surface area contributed by atoms with E-state index in [-0.39, 0.29) is 6.10 Å². The summed E-state index contributed by atoms with van der Waals surface area (Å²) in [5.41, 5.74) is 5.73. The number of rotatable bonds is 6. The highest BCUT2D eigenvalue weighted by Crippen LogP contribution is 2.21. The molecule has 4 nitrogen and oxygen atoms in total. The van der Waals surface area contributed by atoms with Crippen molar-refractivity contribution in [2.45, 2.75) is 44.8 Å². The largest absolute Gasteiger partial charge is 0.377 e. The molecule has 0 bridgehead atoms. The Morgan fingerprint density at radius 1 is 1.28 bits per heavy atom. The lowest BCUT2D eigenvalue weighted by Crippen LogP contribution is -2.55. The van der Waals surface area contributed by atoms with E-state index in [0.29, 0.717) is 6.54 Å². The zero-order valence-electron chi connectivity index (χ0n) is 11.8. The predicted octanol–water partition coefficient (Wildman–Crippen LogP) is 0.910. The molecule has 0 aromatic rings. The van der Waals surface area contributed by atoms with Gasteiger partial charge in [-0.1, -0.05) is 6.42 Å². The molecule has 0 amide bonds. The van der Waals surface area contributed by atoms with Gasteiger partial charge < -0.3 is 15.4 Å². The van der Waals surface area contributed by atoms with Crippen molar-refractivity contribution in [1.29, 1.82) is 0 Å². The van der Waals surface area contributed by atoms with Gasteiger partial charge in [-0.05, 0) is 32.7 Å². The van der Waals surface area contributed by atoms with Crippen molar-refractivity contribution in [3.8, 4) is 0 Å². The molecule has 2 N–H and O–H groups in total. The minimum atomic E-state index is 0.249. The van der Waals surface area contributed by atoms with Gasteiger partial charge in [0.1, 0.15) is 0 Å². The van der Waals surface area contributed by atoms with Crippen LogP contribution in [0.25, 0.3) is 0 Å². The fourth-order valence-corrected chi connectivity index (χ4v) is 3.25. The van der Waals surface area contributed by atoms with E-state index >= 15 is 0 Å². The maximum Gasteiger partial charge on any atom is 0.0709 e. The fraction of sp³-hybridized carbons (Fsp3) is 1.00. The molecule has 18 heavy (non-hydrogen) atoms. The molecule has 2 heterocycles. The summed E-state index contributed by atoms with van der Waals surface area (Å²) in [5.74, 6) is 0. The molecule has 0 saturated carbocycles. The molecule has 106 valence electrons. The Morgan fingerprint density at radius 3 is 2.94 bits per heavy atom. The molecule has 0 aromatic carbocycles. The van der Waals surface area contributed by atoms with Gasteiger partial charge in [0.25, 0.3) is 0 Å². The van der Waals surface area contributed by atoms with E-state index in [1.807, 2.05) is 6.92 Å². The summed E-state index contributed by atoms with van der Waals surface area (Å²) in [7, 11) is 0. The minimum Gasteiger partial charge on any atom is -0.377 e. The summed E-state index contributed by atoms with van der Waals surface area (Å²) in [6.07, 6.45) is 5.54. The van der Waals surface area contributed by atoms with Gasteiger partial charge in [-0.25, -0.2) is 0 Å². The lowest BCUT2D eigenvalue weighted by molar-refractivity contribution is 0.0253. The second-order valence-corrected chi connectivity index (χ2v) is 5.59. The van der Waals surface area contributed by atoms with Crippen LogP contribution in [0.1, 0.15) is 32.6 Å². The van der Waals surface area contributed by atoms with Crippen LogP contribution in [-0.2, 0) is 4.74 Å². The number of hydrogen-bond acceptors (Lipinski definition) is 4. The van der Waals surface area contributed by atoms with E-state index in [4.69, 9.17) is 10.5 Å². The van der Waals surface area contributed by atoms with Crippen LogP contribution in [0.2, 0.25) is 0 Å². The summed E-state index contributed by atoms with van der Waals surface area (Å²) in [5, 5.41) is 0. The summed E-state index contributed by atoms with van der Waals surface area (Å²) in [6, 6.07) is 0.816. The molecule has 2 atom stereocenters. The standard InChI is InChI=1S/C14H29N3O/c1-2-18-14(11-15)6-8-16-9-10-17-7-4-3-5-13(17)12-16/h13-14H,2-12,15H2,1H3. The number of ether oxygens (including phenoxy) is 1. The monoisotopic (exact) mass is 255 g/mol. The zero-order valence-corrected chi connectivity index (χ0v) is 11.8. The van der Waals surface area contributed by atoms with Gasteiger partial charge in [0, 0.05) is 45.4 Å². The number of nitrogens with zero attached hydrogens (tertiary/aromatic N) is 2. The molecule has 2 unspecified atom stereocenters. The van der Waals surface area contributed by atoms with Crippen LogP contribution in [0.5, 0.6) is 0 Å². The van der Waals surface area contributed by atoms with Crippen molar-refractivity contribution < 1.29 is 4.74 Å². The van der Waals surface area contributed by atoms with E-state index in [1.165, 1.54) is 45.4 Å². The first kappa shape index (κ1) is 14.3. The van der Waals surface area contributed by atoms with Crippen LogP contribution in [-0.4, -0.2) is 67.8 Å². The first-order valence-corrected chi connectivity index (χ1v) is 7.61. The highest BCUT2D eigenvalue weighted by Gasteiger charge is 2.28. The highest BCUT2D eigenvalue weighted by atomic mass is 16.5. The molecular formula is C14H29N3O. The van der Waals surface area contributed by atoms with Crippen molar-refractivity contribution in [3.05, 3.63) is 0 Å². The molecule has 0 spiro atoms. The van der Waals surface area contributed by atoms with Crippen molar-refractivity contribution in [1.82, 2.24) is 9.80 Å². The predicted molar refractivity (Wildman–Crippen MR) is 74.7 cm³/mol. The fourth-order valence-electron chi connectivity index (χ4n) is 3.25. The van der Waals surface area contributed by atoms with Crippen LogP contribution in [0.3, 0.4) is 0 Å². The Labute approximate surface area is 111 Å². The molecule has 2 rings (SSSR count). The molecule has 2 aliphatic heterocycles. The van der Waals surface area contributed by atoms with Gasteiger partial charge in [-0.3, -0.25) is 4.90 Å². The second kappa shape index (κ2) is 7.43. The van der Waals surface area contributed by atoms with Gasteiger partial charge >= 0.3 is 0 Å². The maximum absolute atomic E-state index is 5.73. The summed E-state index contributed by atoms with van der Waals surface area (Å²) in [4.78, 5) is 5.29. The summed E-state index contributed by atoms with van der Waals surface area (Å²) < 4.78 is 5.63. The van der Waals surface area contributed by atoms with Gasteiger partial charge in [0.05, 0.1) is 6.10 Å². The number of fused-ring (bicyclic) bond motifs is 1. The second-order valence-electron chi connectivity index (χ2n) is 5.59. The minimum absolute atomic E-state index is 0.249. The smallest absolute Gasteiger partial charge is 0.0709 e. The molecule has 2 aliphatic rings. The Bertz CT molecular complexity index is 237. The zero-order chi connectivity index (χ0) is 12.8. The summed E-state index contributed by atoms with van der Waals surface area (Å²) in [6.45, 7) is 9.67. The molecule has 0 aliphatic carbocycles. The van der Waals surface area contributed by atoms with Crippen molar-refractivity contribution >= 4 is 0 Å². The van der Waals surface area contributed by atoms with Crippen molar-refractivity contribution in [3.63, 3.8) is 0 Å². The lowest BCUT2D eigenvalue weighted by Gasteiger charge is -2.44. The van der Waals surface area contributed by atoms with E-state index in [0.717, 1.165) is 25.6 Å². The number of piperidine rings is 1. The van der Waals surface area contributed by atoms with Crippen LogP contribution in [0.4, 0.5) is 0 Å². The van der Waals surface area contributed by atoms with Gasteiger partial charge in [0.15, 0.2) is 0 Å². The van der Waals surface area contributed by atoms with E-state index in [2.05, 4.69) is 9.80 Å². The van der Waals surface area contributed by atoms with E-state index < -0.39 is 0 Å². The Kier molecular flexibility index (Phi) is 5.89. The van der Waals surface area contributed by atoms with E-state index in [9.17, 15) is 0 Å². The average Bonchev–Trinajstić information content (AvgIpc) is 2.43. The third kappa shape index (κ3) is 3.92. The first-order chi connectivity index (χ1) is 8.83. The summed E-state index contributed by atoms with van der Waals surface area (Å²) >= 11 is 0. The molecule has 4 heteroatoms. The van der Waals surface area contributed by atoms with Crippen LogP contribution >= 0.6 is 0 Å². The lowest BCUT2D eigenvalue weighted by atomic mass is 9.99. The third-order valence-electron chi connectivity index (χ3n) is 4.35. The molecular weight excluding hydrogens is 226 g/mol. The highest BCUT2D eigenvalue weighted by molar-refractivity contribution is 4.85. The van der Waals surface area contributed by atoms with Gasteiger partial charge in [-0.15, -0.1) is 0 Å². The van der Waals surface area contributed by atoms with Crippen LogP contribution in [0.15, 0.2) is 0 Å². The third-order valence-corrected chi connectivity index (χ3v) is 4.35. The Hall–Kier alpha value is -0.160. The maximum atomic E-state index is 5.73. The normalized spacial score (nSPS) is 28.0. The number of piperazine rings is 1. The average molecular weight is 255 g/mol. The van der Waals surface area contributed by atoms with E-state index in [1.54, 1.807) is 0 Å².